The van der Waals surface area contributed by atoms with E-state index in [1.807, 2.05) is 142 Å². The van der Waals surface area contributed by atoms with Gasteiger partial charge < -0.3 is 60.9 Å². The second-order valence-electron chi connectivity index (χ2n) is 37.2. The molecule has 8 atom stereocenters. The van der Waals surface area contributed by atoms with Gasteiger partial charge >= 0.3 is 24.8 Å². The second-order valence-corrected chi connectivity index (χ2v) is 39.2. The summed E-state index contributed by atoms with van der Waals surface area (Å²) in [5.74, 6) is 5.37. The van der Waals surface area contributed by atoms with Crippen LogP contribution in [-0.4, -0.2) is 255 Å². The van der Waals surface area contributed by atoms with Crippen LogP contribution in [0.2, 0.25) is 5.28 Å². The number of pyridine rings is 4. The number of benzene rings is 4. The fourth-order valence-corrected chi connectivity index (χ4v) is 18.9. The summed E-state index contributed by atoms with van der Waals surface area (Å²) in [6.45, 7) is 43.8. The molecule has 4 amide bonds. The first kappa shape index (κ1) is 107. The summed E-state index contributed by atoms with van der Waals surface area (Å²) in [7, 11) is 4.34. The monoisotopic (exact) mass is 2140 g/mol. The normalized spacial score (nSPS) is 15.5. The number of para-hydroxylation sites is 4. The molecule has 4 saturated heterocycles. The number of hydrogen-bond acceptors (Lipinski definition) is 30. The number of nitrogens with zero attached hydrogens (tertiary/aromatic N) is 28. The van der Waals surface area contributed by atoms with Crippen LogP contribution in [0.5, 0.6) is 0 Å². The van der Waals surface area contributed by atoms with Gasteiger partial charge in [0.25, 0.3) is 0 Å². The van der Waals surface area contributed by atoms with Crippen LogP contribution < -0.4 is 41.3 Å². The van der Waals surface area contributed by atoms with Gasteiger partial charge in [0, 0.05) is 203 Å². The van der Waals surface area contributed by atoms with Crippen molar-refractivity contribution in [2.45, 2.75) is 185 Å². The van der Waals surface area contributed by atoms with Crippen LogP contribution in [0, 0.1) is 0 Å². The Morgan fingerprint density at radius 2 is 0.637 bits per heavy atom. The Morgan fingerprint density at radius 1 is 0.370 bits per heavy atom. The van der Waals surface area contributed by atoms with E-state index in [0.717, 1.165) is 179 Å². The molecule has 146 heavy (non-hydrogen) atoms. The van der Waals surface area contributed by atoms with Crippen LogP contribution in [0.3, 0.4) is 0 Å². The first-order valence-electron chi connectivity index (χ1n) is 50.0. The van der Waals surface area contributed by atoms with Crippen molar-refractivity contribution in [1.29, 1.82) is 0 Å². The van der Waals surface area contributed by atoms with E-state index < -0.39 is 0 Å². The van der Waals surface area contributed by atoms with E-state index in [1.165, 1.54) is 0 Å². The van der Waals surface area contributed by atoms with Gasteiger partial charge in [-0.2, -0.15) is 40.3 Å². The van der Waals surface area contributed by atoms with E-state index in [0.29, 0.717) is 111 Å². The number of halogens is 3. The molecule has 16 aromatic rings. The Kier molecular flexibility index (Phi) is 36.0. The average molecular weight is 2140 g/mol. The average Bonchev–Trinajstić information content (AvgIpc) is 1.59. The molecule has 1 radical (unpaired) electrons. The molecule has 0 aliphatic carbocycles. The van der Waals surface area contributed by atoms with Gasteiger partial charge in [-0.1, -0.05) is 100 Å². The van der Waals surface area contributed by atoms with Gasteiger partial charge in [0.05, 0.1) is 58.6 Å². The summed E-state index contributed by atoms with van der Waals surface area (Å²) in [6, 6.07) is 41.9. The molecular formula is C104H128BBr2ClN33O4S. The maximum atomic E-state index is 11.8. The SMILES string of the molecule is CC(=O)N1CCNCC1.CCC(C)n1nc(Br)c2nc(N3CCN(C(C)=O)CC3)nc(N[C@H](C)c3cnc4ccccc4c3)c21.CCC(C)n1nc(Br)c2nc(N3CCN(C(C)=O)CC3)nc(N[C@H](C)c3cnc4ccccc4c3)c21.CCC(C)n1ncc2nc(Cl)nc(N[C@H](C)c3cnc4ccccc4c3)c21.CCC(C)n1ncc2nc(N3CCN(C(C)=O)CC3)nc(N[C@H](C)c3cnc4ccccc4c3)c21.[B]=NS. The van der Waals surface area contributed by atoms with Crippen molar-refractivity contribution in [1.82, 2.24) is 124 Å². The number of aromatic nitrogens is 20. The van der Waals surface area contributed by atoms with Crippen LogP contribution in [0.4, 0.5) is 41.1 Å². The zero-order chi connectivity index (χ0) is 104. The molecule has 4 aromatic carbocycles. The fourth-order valence-electron chi connectivity index (χ4n) is 17.8. The second kappa shape index (κ2) is 49.2. The zero-order valence-corrected chi connectivity index (χ0v) is 90.4. The molecule has 42 heteroatoms. The Hall–Kier alpha value is -13.4. The number of carbonyl (C=O) groups is 4. The van der Waals surface area contributed by atoms with Crippen LogP contribution >= 0.6 is 56.3 Å². The topological polar surface area (TPSA) is 389 Å². The van der Waals surface area contributed by atoms with Gasteiger partial charge in [-0.15, -0.1) is 0 Å². The Morgan fingerprint density at radius 3 is 0.932 bits per heavy atom. The minimum atomic E-state index is -0.0401. The number of amides is 4. The van der Waals surface area contributed by atoms with Gasteiger partial charge in [0.1, 0.15) is 44.1 Å². The van der Waals surface area contributed by atoms with Crippen LogP contribution in [0.15, 0.2) is 172 Å². The molecule has 20 rings (SSSR count). The van der Waals surface area contributed by atoms with Crippen LogP contribution in [-0.2, 0) is 19.2 Å². The number of carbonyl (C=O) groups excluding carboxylic acids is 4. The number of fused-ring (bicyclic) bond motifs is 8. The van der Waals surface area contributed by atoms with Crippen molar-refractivity contribution in [3.05, 3.63) is 195 Å². The number of hydrogen-bond donors (Lipinski definition) is 6. The zero-order valence-electron chi connectivity index (χ0n) is 85.6. The molecule has 4 unspecified atom stereocenters. The van der Waals surface area contributed by atoms with Crippen molar-refractivity contribution < 1.29 is 19.2 Å². The predicted molar refractivity (Wildman–Crippen MR) is 593 cm³/mol. The van der Waals surface area contributed by atoms with E-state index >= 15 is 0 Å². The van der Waals surface area contributed by atoms with Crippen molar-refractivity contribution >= 4 is 216 Å². The van der Waals surface area contributed by atoms with Crippen LogP contribution in [0.25, 0.3) is 87.7 Å². The number of anilines is 7. The van der Waals surface area contributed by atoms with Gasteiger partial charge in [-0.05, 0) is 195 Å². The molecule has 12 aromatic heterocycles. The van der Waals surface area contributed by atoms with Crippen molar-refractivity contribution in [3.63, 3.8) is 0 Å². The summed E-state index contributed by atoms with van der Waals surface area (Å²) in [5.41, 5.74) is 14.9. The summed E-state index contributed by atoms with van der Waals surface area (Å²) in [6.07, 6.45) is 15.0. The van der Waals surface area contributed by atoms with E-state index in [2.05, 4.69) is 270 Å². The van der Waals surface area contributed by atoms with E-state index in [4.69, 9.17) is 51.7 Å². The molecule has 4 fully saturated rings. The van der Waals surface area contributed by atoms with Gasteiger partial charge in [-0.3, -0.25) is 57.8 Å². The molecular weight excluding hydrogens is 2010 g/mol. The first-order chi connectivity index (χ1) is 70.4. The predicted octanol–water partition coefficient (Wildman–Crippen LogP) is 18.9. The Bertz CT molecular complexity index is 7070. The maximum absolute atomic E-state index is 11.8. The van der Waals surface area contributed by atoms with Crippen molar-refractivity contribution in [2.75, 3.05) is 141 Å². The molecule has 5 N–H and O–H groups in total. The third-order valence-electron chi connectivity index (χ3n) is 27.3. The minimum absolute atomic E-state index is 0.00319. The van der Waals surface area contributed by atoms with E-state index in [-0.39, 0.29) is 77.2 Å². The quantitative estimate of drug-likeness (QED) is 0.0197. The fraction of sp³-hybridized carbons (Fsp3) is 0.423. The summed E-state index contributed by atoms with van der Waals surface area (Å²) >= 11 is 16.6. The standard InChI is InChI=1S/2C26H31BrN8O.C26H32N8O.C20H21ClN6.C6H12N2O.BHNS/c2*1-5-16(2)35-23-22(24(27)32-35)30-26(34-12-10-33(11-13-34)18(4)36)31-25(23)29-17(3)20-14-19-8-6-7-9-21(19)28-15-20;1-5-17(2)34-24-23(16-28-34)30-26(33-12-10-32(11-13-33)19(4)35)31-25(24)29-18(3)21-14-20-8-6-7-9-22(20)27-15-21;1-4-12(2)27-18-17(11-23-27)25-20(21)26-19(18)24-13(3)15-9-14-7-5-6-8-16(14)22-10-15;1-6(9)8-4-2-7-3-5-8;1-2-3/h2*6-9,14-17H,5,10-13H2,1-4H3,(H,29,30,31);6-9,14-18H,5,10-13H2,1-4H3,(H,29,30,31);5-13H,4H2,1-3H3,(H,24,25,26);7H,2-5H2,1H3;3H/t2*16?,17-;17?,18-;12?,13-;;/m1111../s1. The van der Waals surface area contributed by atoms with Gasteiger partial charge in [0.2, 0.25) is 46.8 Å². The molecule has 0 saturated carbocycles. The van der Waals surface area contributed by atoms with Crippen molar-refractivity contribution in [2.24, 2.45) is 4.30 Å². The molecule has 37 nitrogen and oxygen atoms in total. The third-order valence-corrected chi connectivity index (χ3v) is 28.6. The van der Waals surface area contributed by atoms with Crippen molar-refractivity contribution in [3.8, 4) is 0 Å². The first-order valence-corrected chi connectivity index (χ1v) is 52.3. The molecule has 763 valence electrons. The van der Waals surface area contributed by atoms with Gasteiger partial charge in [-0.25, -0.2) is 19.9 Å². The van der Waals surface area contributed by atoms with Gasteiger partial charge in [0.15, 0.2) is 32.5 Å². The molecule has 16 heterocycles. The Labute approximate surface area is 878 Å². The van der Waals surface area contributed by atoms with Crippen LogP contribution in [0.1, 0.15) is 207 Å². The molecule has 0 spiro atoms. The van der Waals surface area contributed by atoms with E-state index in [1.54, 1.807) is 33.9 Å². The molecule has 0 bridgehead atoms. The summed E-state index contributed by atoms with van der Waals surface area (Å²) < 4.78 is 12.1. The summed E-state index contributed by atoms with van der Waals surface area (Å²) in [5, 5.41) is 40.9. The molecule has 4 aliphatic rings. The Balaban J connectivity index is 0.000000141. The molecule has 4 aliphatic heterocycles. The number of thiol groups is 1. The summed E-state index contributed by atoms with van der Waals surface area (Å²) in [4.78, 5) is 117. The number of piperazine rings is 4. The number of rotatable bonds is 23. The third kappa shape index (κ3) is 25.3. The van der Waals surface area contributed by atoms with E-state index in [9.17, 15) is 19.2 Å². The number of nitrogens with one attached hydrogen (secondary N) is 5.